The van der Waals surface area contributed by atoms with Gasteiger partial charge in [0.15, 0.2) is 0 Å². The molecule has 0 aromatic heterocycles. The first kappa shape index (κ1) is 16.7. The Morgan fingerprint density at radius 3 is 2.57 bits per heavy atom. The van der Waals surface area contributed by atoms with Gasteiger partial charge in [-0.3, -0.25) is 9.59 Å². The zero-order valence-corrected chi connectivity index (χ0v) is 12.4. The Morgan fingerprint density at radius 2 is 2.00 bits per heavy atom. The van der Waals surface area contributed by atoms with Crippen molar-refractivity contribution in [2.24, 2.45) is 11.0 Å². The first-order valence-electron chi connectivity index (χ1n) is 6.80. The highest BCUT2D eigenvalue weighted by molar-refractivity contribution is 6.02. The molecule has 0 spiro atoms. The fourth-order valence-electron chi connectivity index (χ4n) is 1.82. The summed E-state index contributed by atoms with van der Waals surface area (Å²) in [5.74, 6) is -1.51. The van der Waals surface area contributed by atoms with Crippen molar-refractivity contribution in [3.05, 3.63) is 29.8 Å². The molecule has 0 aliphatic carbocycles. The van der Waals surface area contributed by atoms with Gasteiger partial charge < -0.3 is 9.84 Å². The highest BCUT2D eigenvalue weighted by Crippen LogP contribution is 2.15. The fraction of sp³-hybridized carbons (Fsp3) is 0.400. The molecule has 0 radical (unpaired) electrons. The summed E-state index contributed by atoms with van der Waals surface area (Å²) in [6.07, 6.45) is 0.528. The van der Waals surface area contributed by atoms with E-state index in [2.05, 4.69) is 10.5 Å². The van der Waals surface area contributed by atoms with Crippen LogP contribution < -0.4 is 5.43 Å². The Morgan fingerprint density at radius 1 is 1.33 bits per heavy atom. The van der Waals surface area contributed by atoms with Gasteiger partial charge in [0, 0.05) is 5.71 Å². The van der Waals surface area contributed by atoms with Crippen molar-refractivity contribution in [2.45, 2.75) is 27.2 Å². The molecule has 0 heterocycles. The van der Waals surface area contributed by atoms with Crippen LogP contribution in [0.4, 0.5) is 0 Å². The number of phenolic OH excluding ortho intramolecular Hbond substituents is 1. The van der Waals surface area contributed by atoms with Crippen LogP contribution in [-0.4, -0.2) is 29.3 Å². The second-order valence-corrected chi connectivity index (χ2v) is 4.42. The van der Waals surface area contributed by atoms with E-state index >= 15 is 0 Å². The van der Waals surface area contributed by atoms with Crippen LogP contribution in [0.15, 0.2) is 29.4 Å². The van der Waals surface area contributed by atoms with Gasteiger partial charge in [-0.2, -0.15) is 5.10 Å². The lowest BCUT2D eigenvalue weighted by atomic mass is 10.0. The van der Waals surface area contributed by atoms with Crippen LogP contribution in [0, 0.1) is 5.92 Å². The van der Waals surface area contributed by atoms with Gasteiger partial charge in [-0.05, 0) is 32.4 Å². The van der Waals surface area contributed by atoms with Crippen LogP contribution in [0.1, 0.15) is 37.6 Å². The van der Waals surface area contributed by atoms with Crippen molar-refractivity contribution in [3.63, 3.8) is 0 Å². The van der Waals surface area contributed by atoms with Crippen molar-refractivity contribution in [1.82, 2.24) is 5.43 Å². The number of benzene rings is 1. The number of ether oxygens (including phenoxy) is 1. The Balaban J connectivity index is 2.76. The number of rotatable bonds is 6. The number of hydrazone groups is 1. The second kappa shape index (κ2) is 8.04. The maximum Gasteiger partial charge on any atom is 0.314 e. The molecule has 1 unspecified atom stereocenters. The minimum absolute atomic E-state index is 0.123. The summed E-state index contributed by atoms with van der Waals surface area (Å²) in [5.41, 5.74) is 2.91. The lowest BCUT2D eigenvalue weighted by Crippen LogP contribution is -2.27. The SMILES string of the molecule is CCOC(=O)C(CC)/C(C)=N\NC(=O)c1ccccc1O. The summed E-state index contributed by atoms with van der Waals surface area (Å²) < 4.78 is 4.95. The van der Waals surface area contributed by atoms with Gasteiger partial charge in [-0.1, -0.05) is 19.1 Å². The number of carbonyl (C=O) groups is 2. The van der Waals surface area contributed by atoms with Crippen LogP contribution in [0.5, 0.6) is 5.75 Å². The van der Waals surface area contributed by atoms with Gasteiger partial charge in [-0.25, -0.2) is 5.43 Å². The first-order chi connectivity index (χ1) is 10.0. The molecule has 6 nitrogen and oxygen atoms in total. The molecule has 1 aromatic rings. The number of carbonyl (C=O) groups excluding carboxylic acids is 2. The smallest absolute Gasteiger partial charge is 0.314 e. The highest BCUT2D eigenvalue weighted by atomic mass is 16.5. The lowest BCUT2D eigenvalue weighted by molar-refractivity contribution is -0.145. The molecule has 0 saturated heterocycles. The maximum atomic E-state index is 11.9. The van der Waals surface area contributed by atoms with Gasteiger partial charge in [-0.15, -0.1) is 0 Å². The van der Waals surface area contributed by atoms with Crippen LogP contribution >= 0.6 is 0 Å². The average Bonchev–Trinajstić information content (AvgIpc) is 2.46. The number of nitrogens with zero attached hydrogens (tertiary/aromatic N) is 1. The first-order valence-corrected chi connectivity index (χ1v) is 6.80. The molecule has 0 saturated carbocycles. The zero-order chi connectivity index (χ0) is 15.8. The number of amides is 1. The molecule has 21 heavy (non-hydrogen) atoms. The van der Waals surface area contributed by atoms with Crippen molar-refractivity contribution >= 4 is 17.6 Å². The number of hydrogen-bond donors (Lipinski definition) is 2. The highest BCUT2D eigenvalue weighted by Gasteiger charge is 2.21. The van der Waals surface area contributed by atoms with Gasteiger partial charge in [0.1, 0.15) is 5.75 Å². The number of esters is 1. The molecule has 1 rings (SSSR count). The van der Waals surface area contributed by atoms with E-state index < -0.39 is 11.8 Å². The van der Waals surface area contributed by atoms with E-state index in [0.29, 0.717) is 18.7 Å². The molecule has 1 amide bonds. The van der Waals surface area contributed by atoms with Crippen molar-refractivity contribution < 1.29 is 19.4 Å². The third kappa shape index (κ3) is 4.59. The summed E-state index contributed by atoms with van der Waals surface area (Å²) in [5, 5.41) is 13.5. The topological polar surface area (TPSA) is 88.0 Å². The molecule has 2 N–H and O–H groups in total. The number of para-hydroxylation sites is 1. The fourth-order valence-corrected chi connectivity index (χ4v) is 1.82. The summed E-state index contributed by atoms with van der Waals surface area (Å²) in [7, 11) is 0. The molecule has 114 valence electrons. The predicted octanol–water partition coefficient (Wildman–Crippen LogP) is 2.09. The largest absolute Gasteiger partial charge is 0.507 e. The molecule has 0 aliphatic heterocycles. The zero-order valence-electron chi connectivity index (χ0n) is 12.4. The van der Waals surface area contributed by atoms with E-state index in [-0.39, 0.29) is 17.3 Å². The maximum absolute atomic E-state index is 11.9. The predicted molar refractivity (Wildman–Crippen MR) is 79.1 cm³/mol. The van der Waals surface area contributed by atoms with Gasteiger partial charge in [0.05, 0.1) is 18.1 Å². The third-order valence-corrected chi connectivity index (χ3v) is 2.97. The van der Waals surface area contributed by atoms with Crippen LogP contribution in [0.3, 0.4) is 0 Å². The van der Waals surface area contributed by atoms with E-state index in [1.807, 2.05) is 6.92 Å². The molecular weight excluding hydrogens is 272 g/mol. The van der Waals surface area contributed by atoms with Gasteiger partial charge >= 0.3 is 5.97 Å². The Bertz CT molecular complexity index is 540. The molecule has 0 fully saturated rings. The minimum Gasteiger partial charge on any atom is -0.507 e. The van der Waals surface area contributed by atoms with E-state index in [1.54, 1.807) is 26.0 Å². The Labute approximate surface area is 123 Å². The van der Waals surface area contributed by atoms with Gasteiger partial charge in [0.2, 0.25) is 0 Å². The van der Waals surface area contributed by atoms with Crippen molar-refractivity contribution in [2.75, 3.05) is 6.61 Å². The van der Waals surface area contributed by atoms with Crippen LogP contribution in [-0.2, 0) is 9.53 Å². The molecule has 0 bridgehead atoms. The summed E-state index contributed by atoms with van der Waals surface area (Å²) in [6, 6.07) is 6.16. The van der Waals surface area contributed by atoms with Gasteiger partial charge in [0.25, 0.3) is 5.91 Å². The second-order valence-electron chi connectivity index (χ2n) is 4.42. The van der Waals surface area contributed by atoms with E-state index in [0.717, 1.165) is 0 Å². The normalized spacial score (nSPS) is 12.6. The summed E-state index contributed by atoms with van der Waals surface area (Å²) in [4.78, 5) is 23.6. The van der Waals surface area contributed by atoms with Crippen LogP contribution in [0.25, 0.3) is 0 Å². The summed E-state index contributed by atoms with van der Waals surface area (Å²) in [6.45, 7) is 5.52. The molecule has 1 atom stereocenters. The van der Waals surface area contributed by atoms with Crippen LogP contribution in [0.2, 0.25) is 0 Å². The molecular formula is C15H20N2O4. The van der Waals surface area contributed by atoms with E-state index in [1.165, 1.54) is 12.1 Å². The van der Waals surface area contributed by atoms with Crippen molar-refractivity contribution in [3.8, 4) is 5.75 Å². The monoisotopic (exact) mass is 292 g/mol. The van der Waals surface area contributed by atoms with E-state index in [4.69, 9.17) is 4.74 Å². The third-order valence-electron chi connectivity index (χ3n) is 2.97. The quantitative estimate of drug-likeness (QED) is 0.477. The number of nitrogens with one attached hydrogen (secondary N) is 1. The minimum atomic E-state index is -0.536. The number of hydrogen-bond acceptors (Lipinski definition) is 5. The molecule has 0 aliphatic rings. The summed E-state index contributed by atoms with van der Waals surface area (Å²) >= 11 is 0. The molecule has 1 aromatic carbocycles. The van der Waals surface area contributed by atoms with Crippen molar-refractivity contribution in [1.29, 1.82) is 0 Å². The Kier molecular flexibility index (Phi) is 6.39. The lowest BCUT2D eigenvalue weighted by Gasteiger charge is -2.13. The molecule has 6 heteroatoms. The average molecular weight is 292 g/mol. The number of phenols is 1. The Hall–Kier alpha value is -2.37. The van der Waals surface area contributed by atoms with E-state index in [9.17, 15) is 14.7 Å². The standard InChI is InChI=1S/C15H20N2O4/c1-4-11(15(20)21-5-2)10(3)16-17-14(19)12-8-6-7-9-13(12)18/h6-9,11,18H,4-5H2,1-3H3,(H,17,19)/b16-10-. The number of aromatic hydroxyl groups is 1.